The van der Waals surface area contributed by atoms with Crippen LogP contribution in [-0.2, 0) is 11.2 Å². The van der Waals surface area contributed by atoms with Gasteiger partial charge in [0.05, 0.1) is 19.9 Å². The van der Waals surface area contributed by atoms with Crippen molar-refractivity contribution in [2.45, 2.75) is 19.3 Å². The predicted octanol–water partition coefficient (Wildman–Crippen LogP) is 4.22. The van der Waals surface area contributed by atoms with Crippen molar-refractivity contribution in [1.82, 2.24) is 24.8 Å². The fraction of sp³-hybridized carbons (Fsp3) is 0.310. The van der Waals surface area contributed by atoms with E-state index in [9.17, 15) is 4.79 Å². The molecule has 2 aromatic carbocycles. The lowest BCUT2D eigenvalue weighted by Gasteiger charge is -2.34. The molecule has 1 amide bonds. The van der Waals surface area contributed by atoms with Crippen LogP contribution in [0.5, 0.6) is 11.5 Å². The average Bonchev–Trinajstić information content (AvgIpc) is 3.42. The SMILES string of the molecule is COc1cc(OC)cc(-c2nc(-c3ccccc3)c(CCCC(=O)N3CCN(c4ncccn4)CC3)[nH]2)c1. The zero-order valence-corrected chi connectivity index (χ0v) is 21.8. The summed E-state index contributed by atoms with van der Waals surface area (Å²) in [5.74, 6) is 3.03. The van der Waals surface area contributed by atoms with Gasteiger partial charge in [0.1, 0.15) is 17.3 Å². The molecular weight excluding hydrogens is 480 g/mol. The lowest BCUT2D eigenvalue weighted by atomic mass is 10.1. The normalized spacial score (nSPS) is 13.4. The maximum atomic E-state index is 13.0. The smallest absolute Gasteiger partial charge is 0.225 e. The van der Waals surface area contributed by atoms with Crippen LogP contribution in [0.3, 0.4) is 0 Å². The van der Waals surface area contributed by atoms with Crippen LogP contribution in [0.25, 0.3) is 22.6 Å². The molecule has 2 aromatic heterocycles. The number of aromatic nitrogens is 4. The van der Waals surface area contributed by atoms with Gasteiger partial charge < -0.3 is 24.3 Å². The minimum absolute atomic E-state index is 0.178. The minimum atomic E-state index is 0.178. The van der Waals surface area contributed by atoms with Crippen molar-refractivity contribution in [2.75, 3.05) is 45.3 Å². The number of aromatic amines is 1. The first-order valence-electron chi connectivity index (χ1n) is 12.8. The molecule has 0 atom stereocenters. The Labute approximate surface area is 222 Å². The molecule has 5 rings (SSSR count). The minimum Gasteiger partial charge on any atom is -0.497 e. The highest BCUT2D eigenvalue weighted by Crippen LogP contribution is 2.32. The van der Waals surface area contributed by atoms with Crippen molar-refractivity contribution in [3.8, 4) is 34.1 Å². The zero-order valence-electron chi connectivity index (χ0n) is 21.8. The summed E-state index contributed by atoms with van der Waals surface area (Å²) >= 11 is 0. The summed E-state index contributed by atoms with van der Waals surface area (Å²) in [4.78, 5) is 34.1. The second-order valence-electron chi connectivity index (χ2n) is 9.15. The summed E-state index contributed by atoms with van der Waals surface area (Å²) in [7, 11) is 3.27. The van der Waals surface area contributed by atoms with Crippen molar-refractivity contribution in [3.63, 3.8) is 0 Å². The largest absolute Gasteiger partial charge is 0.497 e. The number of hydrogen-bond acceptors (Lipinski definition) is 7. The Bertz CT molecular complexity index is 1330. The Hall–Kier alpha value is -4.40. The number of rotatable bonds is 9. The van der Waals surface area contributed by atoms with E-state index in [0.717, 1.165) is 53.8 Å². The van der Waals surface area contributed by atoms with Gasteiger partial charge in [-0.1, -0.05) is 30.3 Å². The molecule has 0 spiro atoms. The standard InChI is InChI=1S/C29H32N6O3/c1-37-23-18-22(19-24(20-23)38-2)28-32-25(27(33-28)21-8-4-3-5-9-21)10-6-11-26(36)34-14-16-35(17-15-34)29-30-12-7-13-31-29/h3-5,7-9,12-13,18-20H,6,10-11,14-17H2,1-2H3,(H,32,33). The van der Waals surface area contributed by atoms with Crippen LogP contribution >= 0.6 is 0 Å². The van der Waals surface area contributed by atoms with Gasteiger partial charge in [0.2, 0.25) is 11.9 Å². The van der Waals surface area contributed by atoms with Gasteiger partial charge >= 0.3 is 0 Å². The number of carbonyl (C=O) groups excluding carboxylic acids is 1. The maximum Gasteiger partial charge on any atom is 0.225 e. The molecule has 1 N–H and O–H groups in total. The van der Waals surface area contributed by atoms with Crippen LogP contribution in [0, 0.1) is 0 Å². The van der Waals surface area contributed by atoms with Gasteiger partial charge in [0, 0.05) is 67.9 Å². The van der Waals surface area contributed by atoms with Gasteiger partial charge in [-0.25, -0.2) is 15.0 Å². The molecule has 38 heavy (non-hydrogen) atoms. The summed E-state index contributed by atoms with van der Waals surface area (Å²) < 4.78 is 10.9. The number of nitrogens with one attached hydrogen (secondary N) is 1. The number of ether oxygens (including phenoxy) is 2. The van der Waals surface area contributed by atoms with Crippen LogP contribution in [0.2, 0.25) is 0 Å². The number of imidazole rings is 1. The number of aryl methyl sites for hydroxylation is 1. The molecule has 1 fully saturated rings. The quantitative estimate of drug-likeness (QED) is 0.359. The van der Waals surface area contributed by atoms with Gasteiger partial charge in [-0.2, -0.15) is 0 Å². The van der Waals surface area contributed by atoms with Gasteiger partial charge in [-0.15, -0.1) is 0 Å². The van der Waals surface area contributed by atoms with Crippen LogP contribution in [0.1, 0.15) is 18.5 Å². The van der Waals surface area contributed by atoms with E-state index in [2.05, 4.69) is 32.0 Å². The summed E-state index contributed by atoms with van der Waals surface area (Å²) in [6.07, 6.45) is 5.41. The Balaban J connectivity index is 1.26. The summed E-state index contributed by atoms with van der Waals surface area (Å²) in [6.45, 7) is 2.83. The Morgan fingerprint density at radius 1 is 0.895 bits per heavy atom. The number of H-pyrrole nitrogens is 1. The van der Waals surface area contributed by atoms with Gasteiger partial charge in [0.25, 0.3) is 0 Å². The van der Waals surface area contributed by atoms with Crippen molar-refractivity contribution in [1.29, 1.82) is 0 Å². The van der Waals surface area contributed by atoms with E-state index in [0.29, 0.717) is 37.4 Å². The highest BCUT2D eigenvalue weighted by molar-refractivity contribution is 5.76. The number of carbonyl (C=O) groups is 1. The third-order valence-corrected chi connectivity index (χ3v) is 6.74. The number of hydrogen-bond donors (Lipinski definition) is 1. The van der Waals surface area contributed by atoms with Crippen LogP contribution in [-0.4, -0.2) is 71.1 Å². The van der Waals surface area contributed by atoms with E-state index in [1.165, 1.54) is 0 Å². The monoisotopic (exact) mass is 512 g/mol. The van der Waals surface area contributed by atoms with Gasteiger partial charge in [-0.3, -0.25) is 4.79 Å². The summed E-state index contributed by atoms with van der Waals surface area (Å²) in [5, 5.41) is 0. The fourth-order valence-corrected chi connectivity index (χ4v) is 4.69. The van der Waals surface area contributed by atoms with Crippen molar-refractivity contribution in [3.05, 3.63) is 72.7 Å². The molecule has 1 aliphatic heterocycles. The number of benzene rings is 2. The number of nitrogens with zero attached hydrogens (tertiary/aromatic N) is 5. The van der Waals surface area contributed by atoms with Gasteiger partial charge in [0.15, 0.2) is 0 Å². The molecule has 196 valence electrons. The van der Waals surface area contributed by atoms with Crippen molar-refractivity contribution >= 4 is 11.9 Å². The lowest BCUT2D eigenvalue weighted by Crippen LogP contribution is -2.49. The molecule has 1 aliphatic rings. The summed E-state index contributed by atoms with van der Waals surface area (Å²) in [6, 6.07) is 17.6. The first-order valence-corrected chi connectivity index (χ1v) is 12.8. The zero-order chi connectivity index (χ0) is 26.3. The van der Waals surface area contributed by atoms with E-state index in [-0.39, 0.29) is 5.91 Å². The van der Waals surface area contributed by atoms with Crippen LogP contribution < -0.4 is 14.4 Å². The molecule has 9 nitrogen and oxygen atoms in total. The number of anilines is 1. The molecule has 0 aliphatic carbocycles. The number of methoxy groups -OCH3 is 2. The lowest BCUT2D eigenvalue weighted by molar-refractivity contribution is -0.131. The van der Waals surface area contributed by atoms with E-state index in [1.807, 2.05) is 47.4 Å². The van der Waals surface area contributed by atoms with Crippen molar-refractivity contribution in [2.24, 2.45) is 0 Å². The van der Waals surface area contributed by atoms with E-state index >= 15 is 0 Å². The first kappa shape index (κ1) is 25.3. The molecule has 0 radical (unpaired) electrons. The molecule has 3 heterocycles. The molecule has 0 unspecified atom stereocenters. The molecule has 4 aromatic rings. The first-order chi connectivity index (χ1) is 18.6. The Morgan fingerprint density at radius 2 is 1.58 bits per heavy atom. The maximum absolute atomic E-state index is 13.0. The van der Waals surface area contributed by atoms with E-state index in [1.54, 1.807) is 26.6 Å². The molecule has 0 bridgehead atoms. The Kier molecular flexibility index (Phi) is 7.82. The van der Waals surface area contributed by atoms with E-state index < -0.39 is 0 Å². The summed E-state index contributed by atoms with van der Waals surface area (Å²) in [5.41, 5.74) is 3.81. The predicted molar refractivity (Wildman–Crippen MR) is 146 cm³/mol. The third kappa shape index (κ3) is 5.77. The van der Waals surface area contributed by atoms with Crippen molar-refractivity contribution < 1.29 is 14.3 Å². The fourth-order valence-electron chi connectivity index (χ4n) is 4.69. The topological polar surface area (TPSA) is 96.5 Å². The number of amides is 1. The molecule has 1 saturated heterocycles. The molecule has 9 heteroatoms. The highest BCUT2D eigenvalue weighted by atomic mass is 16.5. The third-order valence-electron chi connectivity index (χ3n) is 6.74. The van der Waals surface area contributed by atoms with Crippen LogP contribution in [0.15, 0.2) is 67.0 Å². The molecular formula is C29H32N6O3. The van der Waals surface area contributed by atoms with E-state index in [4.69, 9.17) is 14.5 Å². The second-order valence-corrected chi connectivity index (χ2v) is 9.15. The molecule has 0 saturated carbocycles. The second kappa shape index (κ2) is 11.8. The average molecular weight is 513 g/mol. The van der Waals surface area contributed by atoms with Crippen LogP contribution in [0.4, 0.5) is 5.95 Å². The highest BCUT2D eigenvalue weighted by Gasteiger charge is 2.22. The van der Waals surface area contributed by atoms with Gasteiger partial charge in [-0.05, 0) is 31.0 Å². The number of piperazine rings is 1. The Morgan fingerprint density at radius 3 is 2.24 bits per heavy atom.